The minimum absolute atomic E-state index is 0.422. The first-order chi connectivity index (χ1) is 5.56. The lowest BCUT2D eigenvalue weighted by Gasteiger charge is -2.13. The predicted molar refractivity (Wildman–Crippen MR) is 51.0 cm³/mol. The first kappa shape index (κ1) is 11.7. The van der Waals surface area contributed by atoms with Gasteiger partial charge >= 0.3 is 0 Å². The van der Waals surface area contributed by atoms with Crippen molar-refractivity contribution in [2.75, 3.05) is 0 Å². The van der Waals surface area contributed by atoms with Crippen LogP contribution in [0, 0.1) is 0 Å². The molecule has 2 heteroatoms. The molecule has 0 aliphatic rings. The molecular weight excluding hydrogens is 152 g/mol. The topological polar surface area (TPSA) is 40.5 Å². The van der Waals surface area contributed by atoms with Crippen molar-refractivity contribution >= 4 is 0 Å². The monoisotopic (exact) mass is 172 g/mol. The maximum atomic E-state index is 9.40. The summed E-state index contributed by atoms with van der Waals surface area (Å²) >= 11 is 0. The van der Waals surface area contributed by atoms with E-state index in [0.717, 1.165) is 18.4 Å². The fourth-order valence-electron chi connectivity index (χ4n) is 1.27. The summed E-state index contributed by atoms with van der Waals surface area (Å²) in [5, 5.41) is 18.4. The van der Waals surface area contributed by atoms with Gasteiger partial charge in [0.25, 0.3) is 0 Å². The molecule has 0 saturated carbocycles. The van der Waals surface area contributed by atoms with Crippen LogP contribution in [0.2, 0.25) is 0 Å². The van der Waals surface area contributed by atoms with Gasteiger partial charge in [-0.1, -0.05) is 25.5 Å². The summed E-state index contributed by atoms with van der Waals surface area (Å²) in [5.41, 5.74) is 1.07. The van der Waals surface area contributed by atoms with Crippen molar-refractivity contribution in [2.24, 2.45) is 0 Å². The maximum Gasteiger partial charge on any atom is 0.0601 e. The Labute approximate surface area is 74.9 Å². The van der Waals surface area contributed by atoms with E-state index < -0.39 is 12.2 Å². The van der Waals surface area contributed by atoms with Crippen molar-refractivity contribution in [3.05, 3.63) is 12.2 Å². The summed E-state index contributed by atoms with van der Waals surface area (Å²) in [6.45, 7) is 7.63. The van der Waals surface area contributed by atoms with Gasteiger partial charge in [0.15, 0.2) is 0 Å². The minimum atomic E-state index is -0.427. The van der Waals surface area contributed by atoms with E-state index in [4.69, 9.17) is 5.11 Å². The molecule has 0 aliphatic carbocycles. The second kappa shape index (κ2) is 6.21. The smallest absolute Gasteiger partial charge is 0.0601 e. The van der Waals surface area contributed by atoms with E-state index >= 15 is 0 Å². The molecule has 0 amide bonds. The number of hydrogen-bond acceptors (Lipinski definition) is 2. The molecular formula is C10H20O2. The third-order valence-corrected chi connectivity index (χ3v) is 1.74. The zero-order chi connectivity index (χ0) is 9.56. The summed E-state index contributed by atoms with van der Waals surface area (Å²) < 4.78 is 0. The summed E-state index contributed by atoms with van der Waals surface area (Å²) in [6, 6.07) is 0. The Morgan fingerprint density at radius 3 is 2.42 bits per heavy atom. The van der Waals surface area contributed by atoms with Crippen molar-refractivity contribution in [3.8, 4) is 0 Å². The maximum absolute atomic E-state index is 9.40. The lowest BCUT2D eigenvalue weighted by atomic mass is 10.0. The van der Waals surface area contributed by atoms with Crippen LogP contribution in [0.25, 0.3) is 0 Å². The Balaban J connectivity index is 3.54. The van der Waals surface area contributed by atoms with Crippen LogP contribution in [-0.2, 0) is 0 Å². The van der Waals surface area contributed by atoms with Gasteiger partial charge < -0.3 is 10.2 Å². The molecule has 0 aromatic rings. The van der Waals surface area contributed by atoms with Crippen LogP contribution in [0.4, 0.5) is 0 Å². The summed E-state index contributed by atoms with van der Waals surface area (Å²) in [6.07, 6.45) is 2.26. The van der Waals surface area contributed by atoms with Crippen LogP contribution in [0.1, 0.15) is 39.5 Å². The van der Waals surface area contributed by atoms with Gasteiger partial charge in [-0.3, -0.25) is 0 Å². The molecule has 0 radical (unpaired) electrons. The van der Waals surface area contributed by atoms with Gasteiger partial charge in [0, 0.05) is 0 Å². The first-order valence-electron chi connectivity index (χ1n) is 4.59. The number of aliphatic hydroxyl groups is 2. The van der Waals surface area contributed by atoms with Crippen molar-refractivity contribution < 1.29 is 10.2 Å². The van der Waals surface area contributed by atoms with Gasteiger partial charge in [-0.15, -0.1) is 0 Å². The van der Waals surface area contributed by atoms with E-state index in [-0.39, 0.29) is 0 Å². The van der Waals surface area contributed by atoms with Crippen LogP contribution in [0.15, 0.2) is 12.2 Å². The van der Waals surface area contributed by atoms with Gasteiger partial charge in [-0.25, -0.2) is 0 Å². The molecule has 72 valence electrons. The average Bonchev–Trinajstić information content (AvgIpc) is 1.84. The van der Waals surface area contributed by atoms with Gasteiger partial charge in [0.1, 0.15) is 0 Å². The highest BCUT2D eigenvalue weighted by atomic mass is 16.3. The van der Waals surface area contributed by atoms with Crippen LogP contribution >= 0.6 is 0 Å². The number of rotatable bonds is 6. The molecule has 0 heterocycles. The molecule has 0 bridgehead atoms. The highest BCUT2D eigenvalue weighted by Crippen LogP contribution is 2.12. The molecule has 12 heavy (non-hydrogen) atoms. The Hall–Kier alpha value is -0.340. The summed E-state index contributed by atoms with van der Waals surface area (Å²) in [5.74, 6) is 0. The minimum Gasteiger partial charge on any atom is -0.393 e. The zero-order valence-corrected chi connectivity index (χ0v) is 8.08. The molecule has 0 rings (SSSR count). The second-order valence-corrected chi connectivity index (χ2v) is 3.44. The van der Waals surface area contributed by atoms with E-state index in [2.05, 4.69) is 13.5 Å². The molecule has 0 aliphatic heterocycles. The van der Waals surface area contributed by atoms with Crippen LogP contribution < -0.4 is 0 Å². The molecule has 2 unspecified atom stereocenters. The predicted octanol–water partition coefficient (Wildman–Crippen LogP) is 1.86. The Morgan fingerprint density at radius 2 is 2.00 bits per heavy atom. The Bertz CT molecular complexity index is 130. The molecule has 0 aromatic carbocycles. The van der Waals surface area contributed by atoms with E-state index in [9.17, 15) is 5.11 Å². The molecule has 2 nitrogen and oxygen atoms in total. The normalized spacial score (nSPS) is 15.7. The average molecular weight is 172 g/mol. The molecule has 0 spiro atoms. The van der Waals surface area contributed by atoms with Gasteiger partial charge in [-0.2, -0.15) is 0 Å². The van der Waals surface area contributed by atoms with Crippen LogP contribution in [0.3, 0.4) is 0 Å². The van der Waals surface area contributed by atoms with E-state index in [1.165, 1.54) is 0 Å². The van der Waals surface area contributed by atoms with E-state index in [0.29, 0.717) is 12.8 Å². The number of aliphatic hydroxyl groups excluding tert-OH is 2. The van der Waals surface area contributed by atoms with Gasteiger partial charge in [0.2, 0.25) is 0 Å². The zero-order valence-electron chi connectivity index (χ0n) is 8.08. The third kappa shape index (κ3) is 6.38. The molecule has 2 atom stereocenters. The second-order valence-electron chi connectivity index (χ2n) is 3.44. The van der Waals surface area contributed by atoms with Gasteiger partial charge in [-0.05, 0) is 26.2 Å². The molecule has 2 N–H and O–H groups in total. The van der Waals surface area contributed by atoms with Crippen molar-refractivity contribution in [2.45, 2.75) is 51.7 Å². The summed E-state index contributed by atoms with van der Waals surface area (Å²) in [4.78, 5) is 0. The van der Waals surface area contributed by atoms with Crippen molar-refractivity contribution in [1.82, 2.24) is 0 Å². The summed E-state index contributed by atoms with van der Waals surface area (Å²) in [7, 11) is 0. The van der Waals surface area contributed by atoms with Crippen molar-refractivity contribution in [1.29, 1.82) is 0 Å². The third-order valence-electron chi connectivity index (χ3n) is 1.74. The van der Waals surface area contributed by atoms with E-state index in [1.807, 2.05) is 0 Å². The first-order valence-corrected chi connectivity index (χ1v) is 4.59. The van der Waals surface area contributed by atoms with Crippen molar-refractivity contribution in [3.63, 3.8) is 0 Å². The highest BCUT2D eigenvalue weighted by molar-refractivity contribution is 4.95. The Kier molecular flexibility index (Phi) is 6.03. The number of hydrogen-bond donors (Lipinski definition) is 2. The SMILES string of the molecule is C=C(CCC)CC(O)CC(C)O. The van der Waals surface area contributed by atoms with Crippen LogP contribution in [0.5, 0.6) is 0 Å². The lowest BCUT2D eigenvalue weighted by Crippen LogP contribution is -2.15. The molecule has 0 aromatic heterocycles. The largest absolute Gasteiger partial charge is 0.393 e. The van der Waals surface area contributed by atoms with Crippen LogP contribution in [-0.4, -0.2) is 22.4 Å². The fraction of sp³-hybridized carbons (Fsp3) is 0.800. The highest BCUT2D eigenvalue weighted by Gasteiger charge is 2.08. The standard InChI is InChI=1S/C10H20O2/c1-4-5-8(2)6-10(12)7-9(3)11/h9-12H,2,4-7H2,1,3H3. The lowest BCUT2D eigenvalue weighted by molar-refractivity contribution is 0.0904. The Morgan fingerprint density at radius 1 is 1.42 bits per heavy atom. The molecule has 0 saturated heterocycles. The van der Waals surface area contributed by atoms with E-state index in [1.54, 1.807) is 6.92 Å². The molecule has 0 fully saturated rings. The quantitative estimate of drug-likeness (QED) is 0.600. The van der Waals surface area contributed by atoms with Gasteiger partial charge in [0.05, 0.1) is 12.2 Å². The fourth-order valence-corrected chi connectivity index (χ4v) is 1.27.